The van der Waals surface area contributed by atoms with Crippen LogP contribution < -0.4 is 20.8 Å². The minimum atomic E-state index is -1.56. The minimum Gasteiger partial charge on any atom is -0.545 e. The topological polar surface area (TPSA) is 190 Å². The van der Waals surface area contributed by atoms with Gasteiger partial charge in [-0.1, -0.05) is 17.3 Å². The van der Waals surface area contributed by atoms with Gasteiger partial charge in [0.05, 0.1) is 32.0 Å². The monoisotopic (exact) mass is 517 g/mol. The Morgan fingerprint density at radius 3 is 2.69 bits per heavy atom. The number of rotatable bonds is 7. The summed E-state index contributed by atoms with van der Waals surface area (Å²) in [6.45, 7) is 2.18. The highest BCUT2D eigenvalue weighted by atomic mass is 32.1. The molecule has 12 nitrogen and oxygen atoms in total. The van der Waals surface area contributed by atoms with E-state index >= 15 is 0 Å². The molecule has 2 aliphatic rings. The summed E-state index contributed by atoms with van der Waals surface area (Å²) < 4.78 is 6.21. The number of amides is 1. The molecule has 1 aromatic carbocycles. The maximum absolute atomic E-state index is 12.7. The van der Waals surface area contributed by atoms with Crippen LogP contribution in [0.5, 0.6) is 5.75 Å². The molecule has 4 rings (SSSR count). The Balaban J connectivity index is 1.54. The molecule has 1 saturated heterocycles. The average Bonchev–Trinajstić information content (AvgIpc) is 3.26. The highest BCUT2D eigenvalue weighted by Crippen LogP contribution is 2.34. The van der Waals surface area contributed by atoms with E-state index in [0.29, 0.717) is 22.2 Å². The number of aliphatic hydroxyl groups is 1. The molecule has 1 atom stereocenters. The SMILES string of the molecule is C[N+]1(Cc2ccc3c(c2C(=O)[O-])OB(O)C(NC(=O)C(=NO)c2csc(N)n2)C3)CCC(CO)CC1. The van der Waals surface area contributed by atoms with E-state index in [9.17, 15) is 30.0 Å². The van der Waals surface area contributed by atoms with Crippen molar-refractivity contribution in [3.8, 4) is 5.75 Å². The molecule has 3 heterocycles. The Hall–Kier alpha value is -3.20. The lowest BCUT2D eigenvalue weighted by Crippen LogP contribution is -2.55. The van der Waals surface area contributed by atoms with E-state index < -0.39 is 24.9 Å². The number of oxime groups is 1. The molecule has 14 heteroatoms. The van der Waals surface area contributed by atoms with Crippen molar-refractivity contribution in [2.24, 2.45) is 11.1 Å². The Kier molecular flexibility index (Phi) is 7.50. The highest BCUT2D eigenvalue weighted by molar-refractivity contribution is 7.13. The minimum absolute atomic E-state index is 0.0191. The van der Waals surface area contributed by atoms with E-state index in [1.54, 1.807) is 12.1 Å². The van der Waals surface area contributed by atoms with Gasteiger partial charge in [0, 0.05) is 36.0 Å². The fourth-order valence-electron chi connectivity index (χ4n) is 4.82. The first-order valence-electron chi connectivity index (χ1n) is 11.5. The van der Waals surface area contributed by atoms with Gasteiger partial charge >= 0.3 is 7.12 Å². The van der Waals surface area contributed by atoms with E-state index in [1.807, 2.05) is 7.05 Å². The average molecular weight is 517 g/mol. The summed E-state index contributed by atoms with van der Waals surface area (Å²) >= 11 is 1.07. The van der Waals surface area contributed by atoms with Crippen molar-refractivity contribution < 1.29 is 39.2 Å². The number of hydrogen-bond acceptors (Lipinski definition) is 11. The lowest BCUT2D eigenvalue weighted by molar-refractivity contribution is -0.928. The quantitative estimate of drug-likeness (QED) is 0.0983. The van der Waals surface area contributed by atoms with Crippen LogP contribution in [0, 0.1) is 5.92 Å². The zero-order valence-corrected chi connectivity index (χ0v) is 20.5. The predicted octanol–water partition coefficient (Wildman–Crippen LogP) is -1.24. The third kappa shape index (κ3) is 5.31. The third-order valence-electron chi connectivity index (χ3n) is 6.91. The van der Waals surface area contributed by atoms with E-state index in [2.05, 4.69) is 15.5 Å². The van der Waals surface area contributed by atoms with Gasteiger partial charge in [0.15, 0.2) is 10.8 Å². The van der Waals surface area contributed by atoms with Crippen LogP contribution in [0.15, 0.2) is 22.7 Å². The van der Waals surface area contributed by atoms with Crippen molar-refractivity contribution in [1.29, 1.82) is 0 Å². The number of aliphatic hydroxyl groups excluding tert-OH is 1. The molecule has 1 unspecified atom stereocenters. The molecule has 36 heavy (non-hydrogen) atoms. The number of fused-ring (bicyclic) bond motifs is 1. The number of carboxylic acid groups (broad SMARTS) is 1. The van der Waals surface area contributed by atoms with Gasteiger partial charge in [0.2, 0.25) is 0 Å². The van der Waals surface area contributed by atoms with Crippen LogP contribution in [-0.2, 0) is 17.8 Å². The summed E-state index contributed by atoms with van der Waals surface area (Å²) in [6.07, 6.45) is 1.77. The number of benzene rings is 1. The number of anilines is 1. The summed E-state index contributed by atoms with van der Waals surface area (Å²) in [4.78, 5) is 28.7. The number of aromatic nitrogens is 1. The normalized spacial score (nSPS) is 24.1. The third-order valence-corrected chi connectivity index (χ3v) is 7.59. The largest absolute Gasteiger partial charge is 0.547 e. The molecular weight excluding hydrogens is 489 g/mol. The van der Waals surface area contributed by atoms with E-state index in [0.717, 1.165) is 37.3 Å². The van der Waals surface area contributed by atoms with Crippen LogP contribution in [0.1, 0.15) is 40.0 Å². The second kappa shape index (κ2) is 10.4. The van der Waals surface area contributed by atoms with Gasteiger partial charge in [-0.2, -0.15) is 0 Å². The van der Waals surface area contributed by atoms with Crippen molar-refractivity contribution in [2.75, 3.05) is 32.5 Å². The van der Waals surface area contributed by atoms with Crippen LogP contribution in [0.4, 0.5) is 5.13 Å². The van der Waals surface area contributed by atoms with Crippen molar-refractivity contribution in [3.05, 3.63) is 39.9 Å². The summed E-state index contributed by atoms with van der Waals surface area (Å²) in [5.74, 6) is -2.88. The van der Waals surface area contributed by atoms with Gasteiger partial charge in [-0.25, -0.2) is 4.98 Å². The molecule has 2 aliphatic heterocycles. The van der Waals surface area contributed by atoms with E-state index in [1.165, 1.54) is 5.38 Å². The summed E-state index contributed by atoms with van der Waals surface area (Å²) in [6, 6.07) is 3.43. The number of nitrogens with one attached hydrogen (secondary N) is 1. The van der Waals surface area contributed by atoms with E-state index in [4.69, 9.17) is 10.4 Å². The zero-order chi connectivity index (χ0) is 26.0. The Labute approximate surface area is 211 Å². The van der Waals surface area contributed by atoms with Gasteiger partial charge in [0.1, 0.15) is 18.0 Å². The summed E-state index contributed by atoms with van der Waals surface area (Å²) in [5, 5.41) is 48.7. The summed E-state index contributed by atoms with van der Waals surface area (Å²) in [5.41, 5.74) is 6.17. The molecule has 6 N–H and O–H groups in total. The van der Waals surface area contributed by atoms with Gasteiger partial charge < -0.3 is 45.4 Å². The Morgan fingerprint density at radius 2 is 2.11 bits per heavy atom. The number of nitrogens with two attached hydrogens (primary N) is 1. The maximum atomic E-state index is 12.7. The van der Waals surface area contributed by atoms with Gasteiger partial charge in [-0.3, -0.25) is 4.79 Å². The number of carbonyl (C=O) groups excluding carboxylic acids is 2. The van der Waals surface area contributed by atoms with Crippen LogP contribution in [-0.4, -0.2) is 82.2 Å². The molecule has 0 radical (unpaired) electrons. The molecule has 0 saturated carbocycles. The van der Waals surface area contributed by atoms with Crippen molar-refractivity contribution in [3.63, 3.8) is 0 Å². The second-order valence-corrected chi connectivity index (χ2v) is 10.4. The lowest BCUT2D eigenvalue weighted by Gasteiger charge is -2.41. The smallest absolute Gasteiger partial charge is 0.545 e. The number of nitrogens with zero attached hydrogens (tertiary/aromatic N) is 3. The number of carboxylic acids is 1. The number of nitrogen functional groups attached to an aromatic ring is 1. The van der Waals surface area contributed by atoms with Gasteiger partial charge in [-0.15, -0.1) is 11.3 Å². The molecule has 1 aromatic heterocycles. The number of likely N-dealkylation sites (tertiary alicyclic amines) is 1. The predicted molar refractivity (Wildman–Crippen MR) is 129 cm³/mol. The number of thiazole rings is 1. The molecule has 1 fully saturated rings. The first kappa shape index (κ1) is 25.9. The lowest BCUT2D eigenvalue weighted by atomic mass is 9.72. The molecule has 192 valence electrons. The molecule has 0 bridgehead atoms. The maximum Gasteiger partial charge on any atom is 0.547 e. The first-order valence-corrected chi connectivity index (χ1v) is 12.4. The molecule has 0 spiro atoms. The van der Waals surface area contributed by atoms with Gasteiger partial charge in [-0.05, 0) is 17.9 Å². The Morgan fingerprint density at radius 1 is 1.39 bits per heavy atom. The first-order chi connectivity index (χ1) is 17.1. The van der Waals surface area contributed by atoms with Crippen LogP contribution in [0.2, 0.25) is 0 Å². The van der Waals surface area contributed by atoms with Crippen molar-refractivity contribution in [2.45, 2.75) is 31.7 Å². The number of hydrogen-bond donors (Lipinski definition) is 5. The fourth-order valence-corrected chi connectivity index (χ4v) is 5.37. The fraction of sp³-hybridized carbons (Fsp3) is 0.455. The van der Waals surface area contributed by atoms with Crippen LogP contribution in [0.3, 0.4) is 0 Å². The van der Waals surface area contributed by atoms with Crippen LogP contribution >= 0.6 is 11.3 Å². The number of piperidine rings is 1. The van der Waals surface area contributed by atoms with Crippen LogP contribution in [0.25, 0.3) is 0 Å². The Bertz CT molecular complexity index is 1180. The van der Waals surface area contributed by atoms with Crippen molar-refractivity contribution in [1.82, 2.24) is 10.3 Å². The number of aromatic carboxylic acids is 1. The highest BCUT2D eigenvalue weighted by Gasteiger charge is 2.39. The molecule has 0 aliphatic carbocycles. The molecule has 2 aromatic rings. The van der Waals surface area contributed by atoms with Crippen molar-refractivity contribution >= 4 is 41.2 Å². The second-order valence-electron chi connectivity index (χ2n) is 9.54. The standard InChI is InChI=1S/C22H28BN5O7S/c1-28(6-4-12(10-29)5-7-28)9-14-3-2-13-8-16(23(33)35-19(13)17(14)21(31)32)26-20(30)18(27-34)15-11-36-22(24)25-15/h2-3,11-12,16,29,33H,4-10H2,1H3,(H4-,24,25,26,30,31,32,34). The molecule has 1 amide bonds. The molecular formula is C22H28BN5O7S. The number of carbonyl (C=O) groups is 2. The van der Waals surface area contributed by atoms with Gasteiger partial charge in [0.25, 0.3) is 5.91 Å². The summed E-state index contributed by atoms with van der Waals surface area (Å²) in [7, 11) is 0.490. The van der Waals surface area contributed by atoms with E-state index in [-0.39, 0.29) is 46.8 Å². The number of quaternary nitrogens is 1. The zero-order valence-electron chi connectivity index (χ0n) is 19.7.